The van der Waals surface area contributed by atoms with Gasteiger partial charge >= 0.3 is 11.9 Å². The van der Waals surface area contributed by atoms with Crippen molar-refractivity contribution in [2.45, 2.75) is 49.9 Å². The van der Waals surface area contributed by atoms with Gasteiger partial charge in [0.05, 0.1) is 21.9 Å². The van der Waals surface area contributed by atoms with Crippen molar-refractivity contribution in [2.75, 3.05) is 0 Å². The smallest absolute Gasteiger partial charge is 0.414 e. The summed E-state index contributed by atoms with van der Waals surface area (Å²) in [4.78, 5) is 20.6. The third-order valence-corrected chi connectivity index (χ3v) is 7.27. The molecular weight excluding hydrogens is 488 g/mol. The highest BCUT2D eigenvalue weighted by Crippen LogP contribution is 2.47. The van der Waals surface area contributed by atoms with Crippen molar-refractivity contribution in [3.8, 4) is 0 Å². The number of nitrogens with zero attached hydrogens (tertiary/aromatic N) is 1. The van der Waals surface area contributed by atoms with Crippen LogP contribution >= 0.6 is 23.2 Å². The minimum atomic E-state index is -1.82. The lowest BCUT2D eigenvalue weighted by molar-refractivity contribution is -0.159. The Hall–Kier alpha value is -2.65. The molecule has 0 spiro atoms. The highest BCUT2D eigenvalue weighted by atomic mass is 35.5. The summed E-state index contributed by atoms with van der Waals surface area (Å²) in [5.41, 5.74) is 1.62. The highest BCUT2D eigenvalue weighted by Gasteiger charge is 2.48. The van der Waals surface area contributed by atoms with Crippen LogP contribution in [0.25, 0.3) is 11.0 Å². The van der Waals surface area contributed by atoms with Gasteiger partial charge in [-0.15, -0.1) is 0 Å². The van der Waals surface area contributed by atoms with E-state index in [0.29, 0.717) is 35.0 Å². The Morgan fingerprint density at radius 3 is 2.26 bits per heavy atom. The van der Waals surface area contributed by atoms with Crippen molar-refractivity contribution in [3.63, 3.8) is 0 Å². The fourth-order valence-electron chi connectivity index (χ4n) is 4.97. The number of aliphatic hydroxyl groups is 1. The van der Waals surface area contributed by atoms with E-state index in [-0.39, 0.29) is 17.9 Å². The molecule has 7 nitrogen and oxygen atoms in total. The van der Waals surface area contributed by atoms with E-state index in [1.54, 1.807) is 24.5 Å². The van der Waals surface area contributed by atoms with E-state index in [9.17, 15) is 9.50 Å². The molecule has 2 bridgehead atoms. The molecule has 1 unspecified atom stereocenters. The largest absolute Gasteiger partial charge is 0.473 e. The number of hydrogen-bond acceptors (Lipinski definition) is 5. The number of rotatable bonds is 3. The summed E-state index contributed by atoms with van der Waals surface area (Å²) in [6, 6.07) is 10.5. The van der Waals surface area contributed by atoms with Crippen molar-refractivity contribution < 1.29 is 33.7 Å². The van der Waals surface area contributed by atoms with Crippen molar-refractivity contribution in [1.29, 1.82) is 0 Å². The quantitative estimate of drug-likeness (QED) is 0.423. The van der Waals surface area contributed by atoms with Gasteiger partial charge in [-0.25, -0.2) is 14.0 Å². The molecule has 2 fully saturated rings. The third kappa shape index (κ3) is 4.90. The van der Waals surface area contributed by atoms with Crippen LogP contribution in [0.15, 0.2) is 47.1 Å². The molecular formula is C24H22Cl2FNO6. The number of furan rings is 1. The van der Waals surface area contributed by atoms with Crippen LogP contribution in [0.5, 0.6) is 0 Å². The van der Waals surface area contributed by atoms with Gasteiger partial charge in [0.25, 0.3) is 0 Å². The summed E-state index contributed by atoms with van der Waals surface area (Å²) in [5, 5.41) is 28.0. The predicted octanol–water partition coefficient (Wildman–Crippen LogP) is 5.05. The normalized spacial score (nSPS) is 24.0. The Kier molecular flexibility index (Phi) is 6.87. The molecule has 0 radical (unpaired) electrons. The van der Waals surface area contributed by atoms with Gasteiger partial charge in [-0.2, -0.15) is 0 Å². The lowest BCUT2D eigenvalue weighted by atomic mass is 9.80. The molecule has 2 aromatic carbocycles. The number of benzene rings is 2. The minimum absolute atomic E-state index is 0.259. The van der Waals surface area contributed by atoms with Crippen LogP contribution in [0.3, 0.4) is 0 Å². The fourth-order valence-corrected chi connectivity index (χ4v) is 5.27. The zero-order chi connectivity index (χ0) is 24.6. The van der Waals surface area contributed by atoms with Crippen molar-refractivity contribution >= 4 is 46.1 Å². The number of fused-ring (bicyclic) bond motifs is 3. The van der Waals surface area contributed by atoms with Gasteiger partial charge in [-0.1, -0.05) is 29.3 Å². The Morgan fingerprint density at radius 1 is 1.03 bits per heavy atom. The van der Waals surface area contributed by atoms with Crippen molar-refractivity contribution in [3.05, 3.63) is 69.7 Å². The van der Waals surface area contributed by atoms with Crippen LogP contribution in [0.4, 0.5) is 4.39 Å². The molecule has 180 valence electrons. The first kappa shape index (κ1) is 24.5. The summed E-state index contributed by atoms with van der Waals surface area (Å²) in [6.07, 6.45) is 5.09. The highest BCUT2D eigenvalue weighted by molar-refractivity contribution is 6.42. The summed E-state index contributed by atoms with van der Waals surface area (Å²) in [6.45, 7) is 0.698. The molecule has 3 aromatic rings. The average Bonchev–Trinajstić information content (AvgIpc) is 3.28. The second-order valence-electron chi connectivity index (χ2n) is 8.64. The Bertz CT molecular complexity index is 1220. The van der Waals surface area contributed by atoms with Crippen LogP contribution in [0.2, 0.25) is 10.0 Å². The molecule has 2 aliphatic rings. The van der Waals surface area contributed by atoms with E-state index in [1.165, 1.54) is 12.1 Å². The topological polar surface area (TPSA) is 111 Å². The molecule has 2 aliphatic heterocycles. The van der Waals surface area contributed by atoms with Gasteiger partial charge in [-0.3, -0.25) is 4.90 Å². The first-order valence-corrected chi connectivity index (χ1v) is 11.4. The van der Waals surface area contributed by atoms with Crippen LogP contribution in [0.1, 0.15) is 36.8 Å². The molecule has 5 rings (SSSR count). The summed E-state index contributed by atoms with van der Waals surface area (Å²) < 4.78 is 19.3. The van der Waals surface area contributed by atoms with Gasteiger partial charge in [0.15, 0.2) is 0 Å². The van der Waals surface area contributed by atoms with E-state index < -0.39 is 17.5 Å². The van der Waals surface area contributed by atoms with Crippen LogP contribution in [-0.2, 0) is 21.7 Å². The lowest BCUT2D eigenvalue weighted by Crippen LogP contribution is -2.49. The second-order valence-corrected chi connectivity index (χ2v) is 9.45. The molecule has 10 heteroatoms. The maximum atomic E-state index is 13.7. The number of carboxylic acid groups (broad SMARTS) is 2. The van der Waals surface area contributed by atoms with Gasteiger partial charge in [-0.05, 0) is 61.6 Å². The zero-order valence-electron chi connectivity index (χ0n) is 17.9. The molecule has 0 amide bonds. The monoisotopic (exact) mass is 509 g/mol. The molecule has 0 aliphatic carbocycles. The van der Waals surface area contributed by atoms with E-state index in [4.69, 9.17) is 47.4 Å². The second kappa shape index (κ2) is 9.54. The third-order valence-electron chi connectivity index (χ3n) is 6.53. The number of carboxylic acids is 2. The number of halogens is 3. The minimum Gasteiger partial charge on any atom is -0.473 e. The maximum Gasteiger partial charge on any atom is 0.414 e. The molecule has 1 aromatic heterocycles. The summed E-state index contributed by atoms with van der Waals surface area (Å²) >= 11 is 12.2. The van der Waals surface area contributed by atoms with E-state index >= 15 is 0 Å². The van der Waals surface area contributed by atoms with Gasteiger partial charge in [0.2, 0.25) is 0 Å². The maximum absolute atomic E-state index is 13.7. The first-order valence-electron chi connectivity index (χ1n) is 10.6. The van der Waals surface area contributed by atoms with E-state index in [2.05, 4.69) is 4.90 Å². The molecule has 3 heterocycles. The summed E-state index contributed by atoms with van der Waals surface area (Å²) in [5.74, 6) is -3.91. The molecule has 2 saturated heterocycles. The zero-order valence-corrected chi connectivity index (χ0v) is 19.4. The molecule has 0 saturated carbocycles. The number of carbonyl (C=O) groups is 2. The summed E-state index contributed by atoms with van der Waals surface area (Å²) in [7, 11) is 0. The van der Waals surface area contributed by atoms with Crippen molar-refractivity contribution in [1.82, 2.24) is 4.90 Å². The fraction of sp³-hybridized carbons (Fsp3) is 0.333. The SMILES string of the molecule is O=C(O)C(=O)O.OC1(c2ccc(Cl)c(Cl)c2)C[C@H]2CC[C@@H](C1)N2Cc1coc2ccc(F)cc12. The van der Waals surface area contributed by atoms with Gasteiger partial charge in [0.1, 0.15) is 11.4 Å². The predicted molar refractivity (Wildman–Crippen MR) is 123 cm³/mol. The Morgan fingerprint density at radius 2 is 1.68 bits per heavy atom. The molecule has 34 heavy (non-hydrogen) atoms. The Labute approximate surface area is 204 Å². The molecule has 3 N–H and O–H groups in total. The lowest BCUT2D eigenvalue weighted by Gasteiger charge is -2.44. The van der Waals surface area contributed by atoms with Crippen LogP contribution in [-0.4, -0.2) is 44.2 Å². The number of aliphatic carboxylic acids is 2. The van der Waals surface area contributed by atoms with Crippen LogP contribution in [0, 0.1) is 5.82 Å². The van der Waals surface area contributed by atoms with Gasteiger partial charge in [0, 0.05) is 29.6 Å². The van der Waals surface area contributed by atoms with E-state index in [0.717, 1.165) is 29.4 Å². The first-order chi connectivity index (χ1) is 16.1. The number of hydrogen-bond donors (Lipinski definition) is 3. The number of piperidine rings is 1. The average molecular weight is 510 g/mol. The van der Waals surface area contributed by atoms with Crippen molar-refractivity contribution in [2.24, 2.45) is 0 Å². The molecule has 3 atom stereocenters. The van der Waals surface area contributed by atoms with E-state index in [1.807, 2.05) is 6.07 Å². The van der Waals surface area contributed by atoms with Gasteiger partial charge < -0.3 is 19.7 Å². The Balaban J connectivity index is 0.000000408. The standard InChI is InChI=1S/C22H20Cl2FNO2.C2H2O4/c23-19-5-1-14(7-20(19)24)22(27)9-16-3-4-17(10-22)26(16)11-13-12-28-21-6-2-15(25)8-18(13)21;3-1(4)2(5)6/h1-2,5-8,12,16-17,27H,3-4,9-11H2;(H,3,4)(H,5,6)/t16-,17+,22?;. The van der Waals surface area contributed by atoms with Crippen LogP contribution < -0.4 is 0 Å².